The monoisotopic (exact) mass is 244 g/mol. The molecule has 1 rings (SSSR count). The van der Waals surface area contributed by atoms with Crippen LogP contribution in [0.5, 0.6) is 0 Å². The SMILES string of the molecule is Cc1cc([C@@H](N)C(=O)O)cnc1Br. The van der Waals surface area contributed by atoms with E-state index in [2.05, 4.69) is 20.9 Å². The largest absolute Gasteiger partial charge is 0.480 e. The number of pyridine rings is 1. The van der Waals surface area contributed by atoms with Gasteiger partial charge >= 0.3 is 5.97 Å². The van der Waals surface area contributed by atoms with E-state index in [-0.39, 0.29) is 0 Å². The van der Waals surface area contributed by atoms with E-state index in [1.165, 1.54) is 6.20 Å². The Morgan fingerprint density at radius 2 is 2.38 bits per heavy atom. The highest BCUT2D eigenvalue weighted by Gasteiger charge is 2.14. The van der Waals surface area contributed by atoms with E-state index in [1.54, 1.807) is 6.07 Å². The number of hydrogen-bond acceptors (Lipinski definition) is 3. The van der Waals surface area contributed by atoms with Crippen LogP contribution in [0, 0.1) is 6.92 Å². The molecule has 3 N–H and O–H groups in total. The standard InChI is InChI=1S/C8H9BrN2O2/c1-4-2-5(3-11-7(4)9)6(10)8(12)13/h2-3,6H,10H2,1H3,(H,12,13)/t6-/m1/s1. The zero-order chi connectivity index (χ0) is 10.0. The van der Waals surface area contributed by atoms with Gasteiger partial charge in [-0.1, -0.05) is 0 Å². The molecule has 0 aliphatic rings. The Morgan fingerprint density at radius 3 is 2.85 bits per heavy atom. The number of hydrogen-bond donors (Lipinski definition) is 2. The van der Waals surface area contributed by atoms with Gasteiger partial charge in [-0.05, 0) is 40.0 Å². The van der Waals surface area contributed by atoms with Crippen molar-refractivity contribution < 1.29 is 9.90 Å². The van der Waals surface area contributed by atoms with Crippen molar-refractivity contribution >= 4 is 21.9 Å². The number of rotatable bonds is 2. The summed E-state index contributed by atoms with van der Waals surface area (Å²) < 4.78 is 0.703. The van der Waals surface area contributed by atoms with Crippen LogP contribution in [0.3, 0.4) is 0 Å². The average Bonchev–Trinajstić information content (AvgIpc) is 2.08. The Hall–Kier alpha value is -0.940. The molecule has 0 radical (unpaired) electrons. The number of halogens is 1. The van der Waals surface area contributed by atoms with E-state index >= 15 is 0 Å². The summed E-state index contributed by atoms with van der Waals surface area (Å²) in [5.41, 5.74) is 6.78. The van der Waals surface area contributed by atoms with Gasteiger partial charge < -0.3 is 10.8 Å². The molecule has 1 atom stereocenters. The van der Waals surface area contributed by atoms with Crippen LogP contribution in [0.1, 0.15) is 17.2 Å². The van der Waals surface area contributed by atoms with Gasteiger partial charge in [0.2, 0.25) is 0 Å². The van der Waals surface area contributed by atoms with Crippen LogP contribution >= 0.6 is 15.9 Å². The predicted octanol–water partition coefficient (Wildman–Crippen LogP) is 1.24. The van der Waals surface area contributed by atoms with Crippen LogP contribution in [0.4, 0.5) is 0 Å². The van der Waals surface area contributed by atoms with Crippen molar-refractivity contribution in [3.63, 3.8) is 0 Å². The fourth-order valence-corrected chi connectivity index (χ4v) is 1.11. The number of aryl methyl sites for hydroxylation is 1. The fourth-order valence-electron chi connectivity index (χ4n) is 0.893. The molecule has 0 spiro atoms. The molecule has 0 saturated heterocycles. The summed E-state index contributed by atoms with van der Waals surface area (Å²) in [5, 5.41) is 8.63. The molecule has 0 saturated carbocycles. The topological polar surface area (TPSA) is 76.2 Å². The van der Waals surface area contributed by atoms with E-state index in [0.717, 1.165) is 5.56 Å². The lowest BCUT2D eigenvalue weighted by Gasteiger charge is -2.07. The Bertz CT molecular complexity index is 341. The first-order valence-corrected chi connectivity index (χ1v) is 4.42. The Morgan fingerprint density at radius 1 is 1.77 bits per heavy atom. The molecule has 13 heavy (non-hydrogen) atoms. The Labute approximate surface area is 83.9 Å². The third-order valence-corrected chi connectivity index (χ3v) is 2.49. The van der Waals surface area contributed by atoms with E-state index in [9.17, 15) is 4.79 Å². The highest BCUT2D eigenvalue weighted by Crippen LogP contribution is 2.17. The minimum absolute atomic E-state index is 0.508. The summed E-state index contributed by atoms with van der Waals surface area (Å²) in [6.45, 7) is 1.83. The van der Waals surface area contributed by atoms with Gasteiger partial charge in [0.1, 0.15) is 10.6 Å². The van der Waals surface area contributed by atoms with Crippen molar-refractivity contribution in [2.45, 2.75) is 13.0 Å². The molecular weight excluding hydrogens is 236 g/mol. The molecule has 0 aliphatic heterocycles. The first-order chi connectivity index (χ1) is 6.02. The average molecular weight is 245 g/mol. The lowest BCUT2D eigenvalue weighted by atomic mass is 10.1. The van der Waals surface area contributed by atoms with Crippen LogP contribution in [0.25, 0.3) is 0 Å². The van der Waals surface area contributed by atoms with E-state index in [0.29, 0.717) is 10.2 Å². The molecule has 0 aromatic carbocycles. The number of aromatic nitrogens is 1. The lowest BCUT2D eigenvalue weighted by molar-refractivity contribution is -0.138. The van der Waals surface area contributed by atoms with Gasteiger partial charge in [-0.3, -0.25) is 4.79 Å². The maximum absolute atomic E-state index is 10.5. The van der Waals surface area contributed by atoms with Crippen LogP contribution in [0.2, 0.25) is 0 Å². The molecule has 4 nitrogen and oxygen atoms in total. The molecule has 0 amide bonds. The molecule has 1 heterocycles. The summed E-state index contributed by atoms with van der Waals surface area (Å²) >= 11 is 3.22. The highest BCUT2D eigenvalue weighted by molar-refractivity contribution is 9.10. The van der Waals surface area contributed by atoms with Crippen LogP contribution < -0.4 is 5.73 Å². The molecule has 0 unspecified atom stereocenters. The van der Waals surface area contributed by atoms with Gasteiger partial charge in [-0.2, -0.15) is 0 Å². The summed E-state index contributed by atoms with van der Waals surface area (Å²) in [6, 6.07) is 0.704. The predicted molar refractivity (Wildman–Crippen MR) is 51.2 cm³/mol. The number of carbonyl (C=O) groups is 1. The number of aliphatic carboxylic acids is 1. The van der Waals surface area contributed by atoms with Gasteiger partial charge in [0.25, 0.3) is 0 Å². The van der Waals surface area contributed by atoms with Crippen LogP contribution in [-0.4, -0.2) is 16.1 Å². The maximum atomic E-state index is 10.5. The van der Waals surface area contributed by atoms with Gasteiger partial charge in [0.05, 0.1) is 0 Å². The Kier molecular flexibility index (Phi) is 3.00. The number of carboxylic acids is 1. The molecule has 5 heteroatoms. The van der Waals surface area contributed by atoms with Crippen molar-refractivity contribution in [1.82, 2.24) is 4.98 Å². The van der Waals surface area contributed by atoms with Crippen molar-refractivity contribution in [2.75, 3.05) is 0 Å². The van der Waals surface area contributed by atoms with Gasteiger partial charge in [0.15, 0.2) is 0 Å². The minimum Gasteiger partial charge on any atom is -0.480 e. The molecule has 1 aromatic heterocycles. The molecule has 0 aliphatic carbocycles. The fraction of sp³-hybridized carbons (Fsp3) is 0.250. The maximum Gasteiger partial charge on any atom is 0.325 e. The quantitative estimate of drug-likeness (QED) is 0.768. The zero-order valence-corrected chi connectivity index (χ0v) is 8.58. The zero-order valence-electron chi connectivity index (χ0n) is 6.99. The molecule has 70 valence electrons. The van der Waals surface area contributed by atoms with E-state index < -0.39 is 12.0 Å². The van der Waals surface area contributed by atoms with Crippen molar-refractivity contribution in [1.29, 1.82) is 0 Å². The van der Waals surface area contributed by atoms with Crippen LogP contribution in [-0.2, 0) is 4.79 Å². The normalized spacial score (nSPS) is 12.5. The second-order valence-corrected chi connectivity index (χ2v) is 3.44. The first kappa shape index (κ1) is 10.1. The Balaban J connectivity index is 3.03. The summed E-state index contributed by atoms with van der Waals surface area (Å²) in [7, 11) is 0. The molecule has 0 bridgehead atoms. The van der Waals surface area contributed by atoms with Gasteiger partial charge in [0, 0.05) is 6.20 Å². The van der Waals surface area contributed by atoms with Gasteiger partial charge in [-0.25, -0.2) is 4.98 Å². The number of nitrogens with zero attached hydrogens (tertiary/aromatic N) is 1. The molecular formula is C8H9BrN2O2. The van der Waals surface area contributed by atoms with Crippen molar-refractivity contribution in [3.8, 4) is 0 Å². The van der Waals surface area contributed by atoms with Crippen LogP contribution in [0.15, 0.2) is 16.9 Å². The second-order valence-electron chi connectivity index (χ2n) is 2.69. The van der Waals surface area contributed by atoms with E-state index in [4.69, 9.17) is 10.8 Å². The summed E-state index contributed by atoms with van der Waals surface area (Å²) in [4.78, 5) is 14.5. The molecule has 0 fully saturated rings. The summed E-state index contributed by atoms with van der Waals surface area (Å²) in [6.07, 6.45) is 1.45. The third-order valence-electron chi connectivity index (χ3n) is 1.66. The highest BCUT2D eigenvalue weighted by atomic mass is 79.9. The smallest absolute Gasteiger partial charge is 0.325 e. The summed E-state index contributed by atoms with van der Waals surface area (Å²) in [5.74, 6) is -1.05. The minimum atomic E-state index is -1.05. The third kappa shape index (κ3) is 2.26. The lowest BCUT2D eigenvalue weighted by Crippen LogP contribution is -2.20. The van der Waals surface area contributed by atoms with Crippen molar-refractivity contribution in [3.05, 3.63) is 28.0 Å². The van der Waals surface area contributed by atoms with Crippen molar-refractivity contribution in [2.24, 2.45) is 5.73 Å². The second kappa shape index (κ2) is 3.85. The number of carboxylic acid groups (broad SMARTS) is 1. The molecule has 1 aromatic rings. The van der Waals surface area contributed by atoms with E-state index in [1.807, 2.05) is 6.92 Å². The van der Waals surface area contributed by atoms with Gasteiger partial charge in [-0.15, -0.1) is 0 Å². The number of nitrogens with two attached hydrogens (primary N) is 1. The first-order valence-electron chi connectivity index (χ1n) is 3.63.